The summed E-state index contributed by atoms with van der Waals surface area (Å²) in [6.07, 6.45) is 1.86. The number of halogens is 2. The van der Waals surface area contributed by atoms with Crippen molar-refractivity contribution in [3.05, 3.63) is 69.8 Å². The average Bonchev–Trinajstić information content (AvgIpc) is 2.83. The average molecular weight is 320 g/mol. The molecular weight excluding hydrogens is 309 g/mol. The topological polar surface area (TPSA) is 42.2 Å². The molecule has 0 atom stereocenters. The van der Waals surface area contributed by atoms with E-state index < -0.39 is 5.97 Å². The summed E-state index contributed by atoms with van der Waals surface area (Å²) in [4.78, 5) is 11.4. The molecule has 0 unspecified atom stereocenters. The Morgan fingerprint density at radius 1 is 1.05 bits per heavy atom. The van der Waals surface area contributed by atoms with Crippen molar-refractivity contribution in [3.63, 3.8) is 0 Å². The number of carboxylic acids is 1. The number of carbonyl (C=O) groups is 1. The van der Waals surface area contributed by atoms with E-state index in [1.165, 1.54) is 6.07 Å². The minimum Gasteiger partial charge on any atom is -0.478 e. The van der Waals surface area contributed by atoms with Crippen molar-refractivity contribution in [2.45, 2.75) is 6.54 Å². The molecule has 1 N–H and O–H groups in total. The second-order valence-electron chi connectivity index (χ2n) is 4.77. The van der Waals surface area contributed by atoms with Crippen molar-refractivity contribution >= 4 is 40.1 Å². The summed E-state index contributed by atoms with van der Waals surface area (Å²) < 4.78 is 1.90. The highest BCUT2D eigenvalue weighted by molar-refractivity contribution is 6.32. The number of aromatic nitrogens is 1. The number of carboxylic acid groups (broad SMARTS) is 1. The van der Waals surface area contributed by atoms with Gasteiger partial charge in [-0.1, -0.05) is 35.3 Å². The molecule has 106 valence electrons. The molecule has 1 aromatic heterocycles. The van der Waals surface area contributed by atoms with E-state index in [-0.39, 0.29) is 5.56 Å². The summed E-state index contributed by atoms with van der Waals surface area (Å²) in [5.41, 5.74) is 1.92. The molecule has 0 aliphatic carbocycles. The fourth-order valence-corrected chi connectivity index (χ4v) is 2.75. The molecule has 0 spiro atoms. The Balaban J connectivity index is 2.11. The molecule has 2 aromatic carbocycles. The summed E-state index contributed by atoms with van der Waals surface area (Å²) in [5, 5.41) is 11.3. The van der Waals surface area contributed by atoms with Crippen LogP contribution in [0.1, 0.15) is 15.9 Å². The molecule has 3 nitrogen and oxygen atoms in total. The lowest BCUT2D eigenvalue weighted by molar-refractivity contribution is 0.0698. The lowest BCUT2D eigenvalue weighted by Crippen LogP contribution is -2.04. The first-order valence-corrected chi connectivity index (χ1v) is 7.06. The van der Waals surface area contributed by atoms with Crippen LogP contribution < -0.4 is 0 Å². The number of aromatic carboxylic acids is 1. The normalized spacial score (nSPS) is 11.0. The highest BCUT2D eigenvalue weighted by Gasteiger charge is 2.14. The first-order valence-electron chi connectivity index (χ1n) is 6.31. The van der Waals surface area contributed by atoms with Crippen LogP contribution in [0.3, 0.4) is 0 Å². The molecular formula is C16H11Cl2NO2. The first-order chi connectivity index (χ1) is 10.0. The van der Waals surface area contributed by atoms with Gasteiger partial charge in [-0.3, -0.25) is 0 Å². The minimum atomic E-state index is -0.987. The van der Waals surface area contributed by atoms with Crippen molar-refractivity contribution < 1.29 is 9.90 Å². The van der Waals surface area contributed by atoms with Crippen molar-refractivity contribution in [1.82, 2.24) is 4.57 Å². The summed E-state index contributed by atoms with van der Waals surface area (Å²) in [7, 11) is 0. The molecule has 21 heavy (non-hydrogen) atoms. The number of nitrogens with zero attached hydrogens (tertiary/aromatic N) is 1. The molecule has 0 bridgehead atoms. The predicted octanol–water partition coefficient (Wildman–Crippen LogP) is 4.69. The van der Waals surface area contributed by atoms with E-state index in [1.807, 2.05) is 41.1 Å². The van der Waals surface area contributed by atoms with Gasteiger partial charge in [0.05, 0.1) is 11.1 Å². The number of hydrogen-bond acceptors (Lipinski definition) is 1. The monoisotopic (exact) mass is 319 g/mol. The van der Waals surface area contributed by atoms with Crippen LogP contribution in [0, 0.1) is 0 Å². The van der Waals surface area contributed by atoms with Gasteiger partial charge in [-0.15, -0.1) is 0 Å². The van der Waals surface area contributed by atoms with Gasteiger partial charge >= 0.3 is 5.97 Å². The third kappa shape index (κ3) is 2.75. The molecule has 5 heteroatoms. The number of fused-ring (bicyclic) bond motifs is 1. The highest BCUT2D eigenvalue weighted by Crippen LogP contribution is 2.26. The summed E-state index contributed by atoms with van der Waals surface area (Å²) >= 11 is 11.8. The summed E-state index contributed by atoms with van der Waals surface area (Å²) in [6, 6.07) is 12.6. The lowest BCUT2D eigenvalue weighted by Gasteiger charge is -2.08. The number of rotatable bonds is 3. The lowest BCUT2D eigenvalue weighted by atomic mass is 10.1. The van der Waals surface area contributed by atoms with Crippen LogP contribution in [-0.4, -0.2) is 15.6 Å². The zero-order valence-electron chi connectivity index (χ0n) is 10.9. The van der Waals surface area contributed by atoms with Crippen LogP contribution in [0.2, 0.25) is 10.0 Å². The smallest absolute Gasteiger partial charge is 0.337 e. The first kappa shape index (κ1) is 14.0. The summed E-state index contributed by atoms with van der Waals surface area (Å²) in [5.74, 6) is -0.987. The van der Waals surface area contributed by atoms with Crippen molar-refractivity contribution in [1.29, 1.82) is 0 Å². The largest absolute Gasteiger partial charge is 0.478 e. The van der Waals surface area contributed by atoms with E-state index in [0.717, 1.165) is 10.9 Å². The zero-order chi connectivity index (χ0) is 15.0. The zero-order valence-corrected chi connectivity index (χ0v) is 12.4. The van der Waals surface area contributed by atoms with Crippen molar-refractivity contribution in [2.24, 2.45) is 0 Å². The fourth-order valence-electron chi connectivity index (χ4n) is 2.39. The van der Waals surface area contributed by atoms with Gasteiger partial charge in [0.1, 0.15) is 0 Å². The minimum absolute atomic E-state index is 0.205. The van der Waals surface area contributed by atoms with Gasteiger partial charge in [0.15, 0.2) is 0 Å². The molecule has 0 fully saturated rings. The van der Waals surface area contributed by atoms with E-state index in [2.05, 4.69) is 0 Å². The predicted molar refractivity (Wildman–Crippen MR) is 84.5 cm³/mol. The maximum absolute atomic E-state index is 11.4. The third-order valence-electron chi connectivity index (χ3n) is 3.32. The standard InChI is InChI=1S/C16H11Cl2NO2/c17-12-3-1-10(2-4-12)9-19-6-5-11-7-13(18)8-14(15(11)19)16(20)21/h1-8H,9H2,(H,20,21). The maximum atomic E-state index is 11.4. The van der Waals surface area contributed by atoms with Gasteiger partial charge in [-0.2, -0.15) is 0 Å². The van der Waals surface area contributed by atoms with E-state index in [0.29, 0.717) is 22.1 Å². The van der Waals surface area contributed by atoms with E-state index in [4.69, 9.17) is 23.2 Å². The molecule has 0 saturated carbocycles. The molecule has 0 radical (unpaired) electrons. The Morgan fingerprint density at radius 2 is 1.76 bits per heavy atom. The Hall–Kier alpha value is -1.97. The van der Waals surface area contributed by atoms with Crippen LogP contribution in [0.15, 0.2) is 48.7 Å². The quantitative estimate of drug-likeness (QED) is 0.760. The van der Waals surface area contributed by atoms with E-state index in [1.54, 1.807) is 6.07 Å². The van der Waals surface area contributed by atoms with Gasteiger partial charge in [-0.25, -0.2) is 4.79 Å². The Kier molecular flexibility index (Phi) is 3.62. The molecule has 1 heterocycles. The Labute approximate surface area is 131 Å². The van der Waals surface area contributed by atoms with Crippen molar-refractivity contribution in [2.75, 3.05) is 0 Å². The SMILES string of the molecule is O=C(O)c1cc(Cl)cc2ccn(Cc3ccc(Cl)cc3)c12. The van der Waals surface area contributed by atoms with Gasteiger partial charge in [0, 0.05) is 28.2 Å². The van der Waals surface area contributed by atoms with Crippen LogP contribution in [0.25, 0.3) is 10.9 Å². The van der Waals surface area contributed by atoms with Gasteiger partial charge in [0.2, 0.25) is 0 Å². The van der Waals surface area contributed by atoms with Gasteiger partial charge in [-0.05, 0) is 35.9 Å². The molecule has 3 rings (SSSR count). The second kappa shape index (κ2) is 5.43. The van der Waals surface area contributed by atoms with Gasteiger partial charge in [0.25, 0.3) is 0 Å². The van der Waals surface area contributed by atoms with Crippen molar-refractivity contribution in [3.8, 4) is 0 Å². The molecule has 0 aliphatic rings. The van der Waals surface area contributed by atoms with Crippen LogP contribution in [-0.2, 0) is 6.54 Å². The molecule has 0 amide bonds. The van der Waals surface area contributed by atoms with Crippen LogP contribution in [0.4, 0.5) is 0 Å². The number of benzene rings is 2. The molecule has 3 aromatic rings. The highest BCUT2D eigenvalue weighted by atomic mass is 35.5. The van der Waals surface area contributed by atoms with Gasteiger partial charge < -0.3 is 9.67 Å². The Bertz CT molecular complexity index is 822. The van der Waals surface area contributed by atoms with Crippen LogP contribution >= 0.6 is 23.2 Å². The van der Waals surface area contributed by atoms with E-state index in [9.17, 15) is 9.90 Å². The van der Waals surface area contributed by atoms with E-state index >= 15 is 0 Å². The second-order valence-corrected chi connectivity index (χ2v) is 5.64. The molecule has 0 aliphatic heterocycles. The number of hydrogen-bond donors (Lipinski definition) is 1. The molecule has 0 saturated heterocycles. The third-order valence-corrected chi connectivity index (χ3v) is 3.79. The summed E-state index contributed by atoms with van der Waals surface area (Å²) in [6.45, 7) is 0.572. The van der Waals surface area contributed by atoms with Crippen LogP contribution in [0.5, 0.6) is 0 Å². The Morgan fingerprint density at radius 3 is 2.43 bits per heavy atom. The maximum Gasteiger partial charge on any atom is 0.337 e. The fraction of sp³-hybridized carbons (Fsp3) is 0.0625.